The number of rotatable bonds is 7. The standard InChI is InChI=1S/C19H21N5O3/c1-26-16-10-15(11-17(12-16)27-2)22-19(25)23-18(13-24-20-8-9-21-24)14-6-4-3-5-7-14/h3-12,18H,13H2,1-2H3,(H2,22,23,25). The number of methoxy groups -OCH3 is 2. The molecular formula is C19H21N5O3. The molecule has 1 aromatic heterocycles. The third-order valence-corrected chi connectivity index (χ3v) is 3.93. The summed E-state index contributed by atoms with van der Waals surface area (Å²) in [5.41, 5.74) is 1.51. The Morgan fingerprint density at radius 3 is 2.26 bits per heavy atom. The van der Waals surface area contributed by atoms with Crippen LogP contribution >= 0.6 is 0 Å². The Morgan fingerprint density at radius 1 is 1.04 bits per heavy atom. The molecule has 0 aliphatic heterocycles. The van der Waals surface area contributed by atoms with Crippen molar-refractivity contribution in [3.8, 4) is 11.5 Å². The van der Waals surface area contributed by atoms with Crippen molar-refractivity contribution in [1.29, 1.82) is 0 Å². The highest BCUT2D eigenvalue weighted by Gasteiger charge is 2.16. The molecule has 0 aliphatic carbocycles. The number of amides is 2. The van der Waals surface area contributed by atoms with Crippen molar-refractivity contribution in [2.24, 2.45) is 0 Å². The van der Waals surface area contributed by atoms with E-state index in [1.165, 1.54) is 4.80 Å². The van der Waals surface area contributed by atoms with E-state index < -0.39 is 0 Å². The smallest absolute Gasteiger partial charge is 0.319 e. The Hall–Kier alpha value is -3.55. The van der Waals surface area contributed by atoms with Gasteiger partial charge in [0, 0.05) is 23.9 Å². The van der Waals surface area contributed by atoms with Crippen LogP contribution in [-0.4, -0.2) is 35.2 Å². The highest BCUT2D eigenvalue weighted by molar-refractivity contribution is 5.90. The van der Waals surface area contributed by atoms with Gasteiger partial charge in [0.15, 0.2) is 0 Å². The van der Waals surface area contributed by atoms with E-state index in [4.69, 9.17) is 9.47 Å². The van der Waals surface area contributed by atoms with Crippen LogP contribution in [0.3, 0.4) is 0 Å². The van der Waals surface area contributed by atoms with Gasteiger partial charge in [-0.05, 0) is 5.56 Å². The quantitative estimate of drug-likeness (QED) is 0.670. The van der Waals surface area contributed by atoms with Gasteiger partial charge >= 0.3 is 6.03 Å². The van der Waals surface area contributed by atoms with Crippen LogP contribution in [0.15, 0.2) is 60.9 Å². The van der Waals surface area contributed by atoms with E-state index in [1.54, 1.807) is 44.8 Å². The summed E-state index contributed by atoms with van der Waals surface area (Å²) in [4.78, 5) is 14.1. The Kier molecular flexibility index (Phi) is 5.88. The van der Waals surface area contributed by atoms with Crippen LogP contribution < -0.4 is 20.1 Å². The maximum atomic E-state index is 12.6. The fraction of sp³-hybridized carbons (Fsp3) is 0.211. The van der Waals surface area contributed by atoms with Gasteiger partial charge in [0.2, 0.25) is 0 Å². The average molecular weight is 367 g/mol. The van der Waals surface area contributed by atoms with Gasteiger partial charge in [-0.15, -0.1) is 0 Å². The zero-order chi connectivity index (χ0) is 19.1. The first-order chi connectivity index (χ1) is 13.2. The average Bonchev–Trinajstić information content (AvgIpc) is 3.21. The molecule has 8 heteroatoms. The molecule has 3 aromatic rings. The topological polar surface area (TPSA) is 90.3 Å². The van der Waals surface area contributed by atoms with Gasteiger partial charge in [-0.25, -0.2) is 4.79 Å². The Morgan fingerprint density at radius 2 is 1.67 bits per heavy atom. The molecule has 0 fully saturated rings. The van der Waals surface area contributed by atoms with E-state index >= 15 is 0 Å². The van der Waals surface area contributed by atoms with Crippen LogP contribution in [-0.2, 0) is 6.54 Å². The Balaban J connectivity index is 1.74. The van der Waals surface area contributed by atoms with E-state index in [9.17, 15) is 4.79 Å². The van der Waals surface area contributed by atoms with E-state index in [1.807, 2.05) is 30.3 Å². The van der Waals surface area contributed by atoms with Gasteiger partial charge in [-0.1, -0.05) is 30.3 Å². The van der Waals surface area contributed by atoms with E-state index in [0.717, 1.165) is 5.56 Å². The van der Waals surface area contributed by atoms with Crippen LogP contribution in [0.2, 0.25) is 0 Å². The summed E-state index contributed by atoms with van der Waals surface area (Å²) in [6.07, 6.45) is 3.20. The summed E-state index contributed by atoms with van der Waals surface area (Å²) < 4.78 is 10.5. The molecule has 1 heterocycles. The lowest BCUT2D eigenvalue weighted by molar-refractivity contribution is 0.246. The number of benzene rings is 2. The van der Waals surface area contributed by atoms with Crippen LogP contribution in [0.5, 0.6) is 11.5 Å². The molecule has 0 spiro atoms. The van der Waals surface area contributed by atoms with Crippen molar-refractivity contribution >= 4 is 11.7 Å². The van der Waals surface area contributed by atoms with E-state index in [0.29, 0.717) is 23.7 Å². The maximum Gasteiger partial charge on any atom is 0.319 e. The molecule has 1 atom stereocenters. The van der Waals surface area contributed by atoms with Crippen molar-refractivity contribution < 1.29 is 14.3 Å². The summed E-state index contributed by atoms with van der Waals surface area (Å²) in [5.74, 6) is 1.18. The van der Waals surface area contributed by atoms with Gasteiger partial charge in [0.1, 0.15) is 11.5 Å². The molecule has 27 heavy (non-hydrogen) atoms. The number of hydrogen-bond acceptors (Lipinski definition) is 5. The normalized spacial score (nSPS) is 11.5. The summed E-state index contributed by atoms with van der Waals surface area (Å²) in [5, 5.41) is 14.0. The van der Waals surface area contributed by atoms with Gasteiger partial charge < -0.3 is 20.1 Å². The molecule has 3 rings (SSSR count). The lowest BCUT2D eigenvalue weighted by Crippen LogP contribution is -2.35. The molecule has 0 saturated carbocycles. The Labute approximate surface area is 157 Å². The summed E-state index contributed by atoms with van der Waals surface area (Å²) >= 11 is 0. The zero-order valence-electron chi connectivity index (χ0n) is 15.1. The van der Waals surface area contributed by atoms with Crippen LogP contribution in [0.4, 0.5) is 10.5 Å². The lowest BCUT2D eigenvalue weighted by Gasteiger charge is -2.19. The Bertz CT molecular complexity index is 846. The SMILES string of the molecule is COc1cc(NC(=O)NC(Cn2nccn2)c2ccccc2)cc(OC)c1. The van der Waals surface area contributed by atoms with Gasteiger partial charge in [0.05, 0.1) is 39.2 Å². The van der Waals surface area contributed by atoms with E-state index in [-0.39, 0.29) is 12.1 Å². The van der Waals surface area contributed by atoms with Crippen molar-refractivity contribution in [2.45, 2.75) is 12.6 Å². The third-order valence-electron chi connectivity index (χ3n) is 3.93. The highest BCUT2D eigenvalue weighted by Crippen LogP contribution is 2.26. The number of anilines is 1. The number of nitrogens with one attached hydrogen (secondary N) is 2. The van der Waals surface area contributed by atoms with Crippen molar-refractivity contribution in [2.75, 3.05) is 19.5 Å². The van der Waals surface area contributed by atoms with Crippen molar-refractivity contribution in [1.82, 2.24) is 20.3 Å². The molecular weight excluding hydrogens is 346 g/mol. The van der Waals surface area contributed by atoms with Gasteiger partial charge in [-0.3, -0.25) is 0 Å². The van der Waals surface area contributed by atoms with E-state index in [2.05, 4.69) is 20.8 Å². The number of ether oxygens (including phenoxy) is 2. The number of carbonyl (C=O) groups excluding carboxylic acids is 1. The van der Waals surface area contributed by atoms with Gasteiger partial charge in [0.25, 0.3) is 0 Å². The molecule has 2 amide bonds. The number of nitrogens with zero attached hydrogens (tertiary/aromatic N) is 3. The molecule has 0 saturated heterocycles. The molecule has 8 nitrogen and oxygen atoms in total. The molecule has 0 bridgehead atoms. The predicted octanol–water partition coefficient (Wildman–Crippen LogP) is 2.86. The second kappa shape index (κ2) is 8.70. The monoisotopic (exact) mass is 367 g/mol. The number of carbonyl (C=O) groups is 1. The lowest BCUT2D eigenvalue weighted by atomic mass is 10.1. The first-order valence-electron chi connectivity index (χ1n) is 8.37. The minimum atomic E-state index is -0.355. The fourth-order valence-electron chi connectivity index (χ4n) is 2.63. The minimum Gasteiger partial charge on any atom is -0.497 e. The molecule has 140 valence electrons. The molecule has 2 N–H and O–H groups in total. The number of urea groups is 1. The van der Waals surface area contributed by atoms with Gasteiger partial charge in [-0.2, -0.15) is 15.0 Å². The summed E-state index contributed by atoms with van der Waals surface area (Å²) in [6.45, 7) is 0.409. The zero-order valence-corrected chi connectivity index (χ0v) is 15.1. The second-order valence-electron chi connectivity index (χ2n) is 5.75. The molecule has 2 aromatic carbocycles. The van der Waals surface area contributed by atoms with Crippen LogP contribution in [0, 0.1) is 0 Å². The minimum absolute atomic E-state index is 0.300. The van der Waals surface area contributed by atoms with Crippen LogP contribution in [0.1, 0.15) is 11.6 Å². The fourth-order valence-corrected chi connectivity index (χ4v) is 2.63. The van der Waals surface area contributed by atoms with Crippen LogP contribution in [0.25, 0.3) is 0 Å². The third kappa shape index (κ3) is 4.97. The first-order valence-corrected chi connectivity index (χ1v) is 8.37. The maximum absolute atomic E-state index is 12.6. The molecule has 0 radical (unpaired) electrons. The number of aromatic nitrogens is 3. The largest absolute Gasteiger partial charge is 0.497 e. The van der Waals surface area contributed by atoms with Crippen molar-refractivity contribution in [3.63, 3.8) is 0 Å². The molecule has 1 unspecified atom stereocenters. The van der Waals surface area contributed by atoms with Crippen molar-refractivity contribution in [3.05, 3.63) is 66.5 Å². The predicted molar refractivity (Wildman–Crippen MR) is 101 cm³/mol. The number of hydrogen-bond donors (Lipinski definition) is 2. The highest BCUT2D eigenvalue weighted by atomic mass is 16.5. The summed E-state index contributed by atoms with van der Waals surface area (Å²) in [7, 11) is 3.11. The molecule has 0 aliphatic rings. The second-order valence-corrected chi connectivity index (χ2v) is 5.75. The summed E-state index contributed by atoms with van der Waals surface area (Å²) in [6, 6.07) is 14.2. The first kappa shape index (κ1) is 18.2.